The van der Waals surface area contributed by atoms with Gasteiger partial charge in [0.2, 0.25) is 0 Å². The minimum atomic E-state index is -0.0936. The Morgan fingerprint density at radius 3 is 2.11 bits per heavy atom. The number of hydrogen-bond donors (Lipinski definition) is 0. The Bertz CT molecular complexity index is 500. The van der Waals surface area contributed by atoms with Gasteiger partial charge < -0.3 is 4.74 Å². The first-order chi connectivity index (χ1) is 8.90. The SMILES string of the molecule is C=COC(/C=C/c1ccccc1)c1ccccc1. The molecule has 0 N–H and O–H groups in total. The molecule has 0 saturated carbocycles. The van der Waals surface area contributed by atoms with Crippen LogP contribution in [0, 0.1) is 0 Å². The molecule has 1 unspecified atom stereocenters. The Hall–Kier alpha value is -2.28. The normalized spacial score (nSPS) is 12.2. The van der Waals surface area contributed by atoms with Crippen LogP contribution in [0.3, 0.4) is 0 Å². The van der Waals surface area contributed by atoms with Crippen molar-refractivity contribution in [3.8, 4) is 0 Å². The van der Waals surface area contributed by atoms with Crippen molar-refractivity contribution in [2.75, 3.05) is 0 Å². The summed E-state index contributed by atoms with van der Waals surface area (Å²) in [6, 6.07) is 20.3. The molecule has 0 aromatic heterocycles. The van der Waals surface area contributed by atoms with Gasteiger partial charge in [0.05, 0.1) is 6.26 Å². The van der Waals surface area contributed by atoms with Gasteiger partial charge in [-0.3, -0.25) is 0 Å². The van der Waals surface area contributed by atoms with Crippen LogP contribution in [-0.2, 0) is 4.74 Å². The molecular weight excluding hydrogens is 220 g/mol. The average molecular weight is 236 g/mol. The summed E-state index contributed by atoms with van der Waals surface area (Å²) < 4.78 is 5.53. The fourth-order valence-corrected chi connectivity index (χ4v) is 1.74. The highest BCUT2D eigenvalue weighted by Crippen LogP contribution is 2.20. The van der Waals surface area contributed by atoms with E-state index in [0.717, 1.165) is 11.1 Å². The third-order valence-corrected chi connectivity index (χ3v) is 2.63. The van der Waals surface area contributed by atoms with Gasteiger partial charge in [-0.05, 0) is 17.2 Å². The van der Waals surface area contributed by atoms with Gasteiger partial charge in [0.15, 0.2) is 0 Å². The lowest BCUT2D eigenvalue weighted by molar-refractivity contribution is 0.192. The maximum Gasteiger partial charge on any atom is 0.141 e. The van der Waals surface area contributed by atoms with Crippen molar-refractivity contribution < 1.29 is 4.74 Å². The number of ether oxygens (including phenoxy) is 1. The lowest BCUT2D eigenvalue weighted by Crippen LogP contribution is -1.96. The van der Waals surface area contributed by atoms with Crippen molar-refractivity contribution in [3.63, 3.8) is 0 Å². The first-order valence-corrected chi connectivity index (χ1v) is 5.95. The minimum Gasteiger partial charge on any atom is -0.490 e. The fourth-order valence-electron chi connectivity index (χ4n) is 1.74. The maximum absolute atomic E-state index is 5.53. The van der Waals surface area contributed by atoms with Crippen LogP contribution < -0.4 is 0 Å². The zero-order chi connectivity index (χ0) is 12.6. The molecule has 0 aliphatic rings. The second kappa shape index (κ2) is 6.45. The predicted molar refractivity (Wildman–Crippen MR) is 75.9 cm³/mol. The third-order valence-electron chi connectivity index (χ3n) is 2.63. The van der Waals surface area contributed by atoms with E-state index in [1.807, 2.05) is 54.6 Å². The summed E-state index contributed by atoms with van der Waals surface area (Å²) in [5, 5.41) is 0. The van der Waals surface area contributed by atoms with Gasteiger partial charge in [-0.15, -0.1) is 0 Å². The van der Waals surface area contributed by atoms with E-state index in [2.05, 4.69) is 24.8 Å². The molecule has 0 aliphatic carbocycles. The van der Waals surface area contributed by atoms with E-state index in [1.165, 1.54) is 6.26 Å². The molecule has 0 bridgehead atoms. The Balaban J connectivity index is 2.17. The smallest absolute Gasteiger partial charge is 0.141 e. The zero-order valence-electron chi connectivity index (χ0n) is 10.2. The molecule has 2 aromatic rings. The van der Waals surface area contributed by atoms with E-state index < -0.39 is 0 Å². The van der Waals surface area contributed by atoms with Crippen LogP contribution in [0.2, 0.25) is 0 Å². The maximum atomic E-state index is 5.53. The molecule has 1 atom stereocenters. The molecule has 0 amide bonds. The molecule has 0 saturated heterocycles. The van der Waals surface area contributed by atoms with E-state index >= 15 is 0 Å². The summed E-state index contributed by atoms with van der Waals surface area (Å²) in [4.78, 5) is 0. The number of benzene rings is 2. The summed E-state index contributed by atoms with van der Waals surface area (Å²) in [6.45, 7) is 3.62. The highest BCUT2D eigenvalue weighted by atomic mass is 16.5. The van der Waals surface area contributed by atoms with Crippen molar-refractivity contribution in [2.45, 2.75) is 6.10 Å². The molecule has 90 valence electrons. The van der Waals surface area contributed by atoms with Crippen molar-refractivity contribution in [3.05, 3.63) is 90.7 Å². The lowest BCUT2D eigenvalue weighted by Gasteiger charge is -2.12. The molecule has 0 spiro atoms. The van der Waals surface area contributed by atoms with Gasteiger partial charge in [0.1, 0.15) is 6.10 Å². The molecular formula is C17H16O. The number of hydrogen-bond acceptors (Lipinski definition) is 1. The van der Waals surface area contributed by atoms with Crippen molar-refractivity contribution in [1.29, 1.82) is 0 Å². The van der Waals surface area contributed by atoms with Crippen LogP contribution in [0.1, 0.15) is 17.2 Å². The quantitative estimate of drug-likeness (QED) is 0.689. The zero-order valence-corrected chi connectivity index (χ0v) is 10.2. The average Bonchev–Trinajstić information content (AvgIpc) is 2.45. The molecule has 1 heteroatoms. The van der Waals surface area contributed by atoms with E-state index in [1.54, 1.807) is 0 Å². The van der Waals surface area contributed by atoms with Gasteiger partial charge in [0, 0.05) is 0 Å². The van der Waals surface area contributed by atoms with Crippen LogP contribution >= 0.6 is 0 Å². The Kier molecular flexibility index (Phi) is 4.37. The van der Waals surface area contributed by atoms with E-state index in [0.29, 0.717) is 0 Å². The third kappa shape index (κ3) is 3.36. The predicted octanol–water partition coefficient (Wildman–Crippen LogP) is 4.60. The summed E-state index contributed by atoms with van der Waals surface area (Å²) in [5.41, 5.74) is 2.27. The molecule has 0 radical (unpaired) electrons. The van der Waals surface area contributed by atoms with Crippen LogP contribution in [0.5, 0.6) is 0 Å². The molecule has 1 nitrogen and oxygen atoms in total. The van der Waals surface area contributed by atoms with Gasteiger partial charge >= 0.3 is 0 Å². The molecule has 2 aromatic carbocycles. The van der Waals surface area contributed by atoms with Crippen LogP contribution in [-0.4, -0.2) is 0 Å². The summed E-state index contributed by atoms with van der Waals surface area (Å²) in [6.07, 6.45) is 5.48. The van der Waals surface area contributed by atoms with Gasteiger partial charge in [0.25, 0.3) is 0 Å². The van der Waals surface area contributed by atoms with E-state index in [9.17, 15) is 0 Å². The van der Waals surface area contributed by atoms with E-state index in [-0.39, 0.29) is 6.10 Å². The first kappa shape index (κ1) is 12.2. The topological polar surface area (TPSA) is 9.23 Å². The minimum absolute atomic E-state index is 0.0936. The van der Waals surface area contributed by atoms with Crippen LogP contribution in [0.15, 0.2) is 79.6 Å². The van der Waals surface area contributed by atoms with E-state index in [4.69, 9.17) is 4.74 Å². The second-order valence-electron chi connectivity index (χ2n) is 3.90. The first-order valence-electron chi connectivity index (χ1n) is 5.95. The summed E-state index contributed by atoms with van der Waals surface area (Å²) in [5.74, 6) is 0. The Morgan fingerprint density at radius 2 is 1.50 bits per heavy atom. The highest BCUT2D eigenvalue weighted by Gasteiger charge is 2.05. The van der Waals surface area contributed by atoms with Crippen molar-refractivity contribution >= 4 is 6.08 Å². The summed E-state index contributed by atoms with van der Waals surface area (Å²) >= 11 is 0. The Morgan fingerprint density at radius 1 is 0.889 bits per heavy atom. The lowest BCUT2D eigenvalue weighted by atomic mass is 10.1. The fraction of sp³-hybridized carbons (Fsp3) is 0.0588. The molecule has 0 heterocycles. The Labute approximate surface area is 108 Å². The van der Waals surface area contributed by atoms with Gasteiger partial charge in [-0.2, -0.15) is 0 Å². The highest BCUT2D eigenvalue weighted by molar-refractivity contribution is 5.50. The molecule has 0 aliphatic heterocycles. The van der Waals surface area contributed by atoms with Crippen LogP contribution in [0.25, 0.3) is 6.08 Å². The van der Waals surface area contributed by atoms with Crippen molar-refractivity contribution in [2.24, 2.45) is 0 Å². The number of rotatable bonds is 5. The second-order valence-corrected chi connectivity index (χ2v) is 3.90. The van der Waals surface area contributed by atoms with Crippen LogP contribution in [0.4, 0.5) is 0 Å². The molecule has 18 heavy (non-hydrogen) atoms. The summed E-state index contributed by atoms with van der Waals surface area (Å²) in [7, 11) is 0. The monoisotopic (exact) mass is 236 g/mol. The van der Waals surface area contributed by atoms with Gasteiger partial charge in [-0.25, -0.2) is 0 Å². The molecule has 0 fully saturated rings. The standard InChI is InChI=1S/C17H16O/c1-2-18-17(16-11-7-4-8-12-16)14-13-15-9-5-3-6-10-15/h2-14,17H,1H2/b14-13+. The molecule has 2 rings (SSSR count). The van der Waals surface area contributed by atoms with Crippen molar-refractivity contribution in [1.82, 2.24) is 0 Å². The largest absolute Gasteiger partial charge is 0.490 e. The van der Waals surface area contributed by atoms with Gasteiger partial charge in [-0.1, -0.05) is 73.3 Å².